The summed E-state index contributed by atoms with van der Waals surface area (Å²) in [5, 5.41) is 20.6. The van der Waals surface area contributed by atoms with E-state index in [-0.39, 0.29) is 12.5 Å². The van der Waals surface area contributed by atoms with Crippen LogP contribution in [0.3, 0.4) is 0 Å². The molecule has 0 saturated carbocycles. The van der Waals surface area contributed by atoms with Gasteiger partial charge in [-0.1, -0.05) is 5.21 Å². The first-order valence-corrected chi connectivity index (χ1v) is 7.20. The highest BCUT2D eigenvalue weighted by Crippen LogP contribution is 2.26. The Hall–Kier alpha value is -2.41. The molecule has 1 aliphatic heterocycles. The summed E-state index contributed by atoms with van der Waals surface area (Å²) < 4.78 is 7.20. The van der Waals surface area contributed by atoms with Crippen molar-refractivity contribution < 1.29 is 14.6 Å². The normalized spacial score (nSPS) is 15.1. The summed E-state index contributed by atoms with van der Waals surface area (Å²) in [5.41, 5.74) is 2.70. The number of fused-ring (bicyclic) bond motifs is 1. The molecule has 3 rings (SSSR count). The van der Waals surface area contributed by atoms with Gasteiger partial charge < -0.3 is 15.2 Å². The third kappa shape index (κ3) is 3.43. The van der Waals surface area contributed by atoms with Crippen molar-refractivity contribution in [3.8, 4) is 5.75 Å². The SMILES string of the molecule is Cc1cn(CC(O)COc2ccc3c(c2)CCC(=O)N3)nn1. The Morgan fingerprint density at radius 1 is 1.45 bits per heavy atom. The van der Waals surface area contributed by atoms with E-state index in [1.165, 1.54) is 0 Å². The van der Waals surface area contributed by atoms with Gasteiger partial charge in [0, 0.05) is 18.3 Å². The van der Waals surface area contributed by atoms with Gasteiger partial charge in [0.2, 0.25) is 5.91 Å². The first kappa shape index (κ1) is 14.5. The maximum atomic E-state index is 11.3. The summed E-state index contributed by atoms with van der Waals surface area (Å²) in [7, 11) is 0. The summed E-state index contributed by atoms with van der Waals surface area (Å²) in [6, 6.07) is 5.52. The number of aliphatic hydroxyl groups excluding tert-OH is 1. The molecular formula is C15H18N4O3. The van der Waals surface area contributed by atoms with Crippen LogP contribution in [0.25, 0.3) is 0 Å². The Balaban J connectivity index is 1.56. The zero-order valence-corrected chi connectivity index (χ0v) is 12.3. The molecule has 0 spiro atoms. The summed E-state index contributed by atoms with van der Waals surface area (Å²) in [6.07, 6.45) is 2.30. The Bertz CT molecular complexity index is 683. The molecule has 1 aromatic heterocycles. The zero-order valence-electron chi connectivity index (χ0n) is 12.3. The Morgan fingerprint density at radius 2 is 2.32 bits per heavy atom. The first-order chi connectivity index (χ1) is 10.6. The van der Waals surface area contributed by atoms with Crippen molar-refractivity contribution in [1.82, 2.24) is 15.0 Å². The van der Waals surface area contributed by atoms with Gasteiger partial charge in [0.05, 0.1) is 12.2 Å². The number of rotatable bonds is 5. The van der Waals surface area contributed by atoms with Crippen molar-refractivity contribution in [2.45, 2.75) is 32.4 Å². The number of carbonyl (C=O) groups excluding carboxylic acids is 1. The maximum Gasteiger partial charge on any atom is 0.224 e. The molecule has 7 heteroatoms. The van der Waals surface area contributed by atoms with Gasteiger partial charge in [-0.2, -0.15) is 0 Å². The molecule has 22 heavy (non-hydrogen) atoms. The standard InChI is InChI=1S/C15H18N4O3/c1-10-7-19(18-17-10)8-12(20)9-22-13-3-4-14-11(6-13)2-5-15(21)16-14/h3-4,6-7,12,20H,2,5,8-9H2,1H3,(H,16,21). The number of benzene rings is 1. The maximum absolute atomic E-state index is 11.3. The smallest absolute Gasteiger partial charge is 0.224 e. The van der Waals surface area contributed by atoms with Crippen LogP contribution < -0.4 is 10.1 Å². The highest BCUT2D eigenvalue weighted by molar-refractivity contribution is 5.93. The Morgan fingerprint density at radius 3 is 3.09 bits per heavy atom. The van der Waals surface area contributed by atoms with E-state index < -0.39 is 6.10 Å². The number of aliphatic hydroxyl groups is 1. The lowest BCUT2D eigenvalue weighted by Gasteiger charge is -2.18. The highest BCUT2D eigenvalue weighted by atomic mass is 16.5. The third-order valence-corrected chi connectivity index (χ3v) is 3.47. The number of nitrogens with one attached hydrogen (secondary N) is 1. The number of hydrogen-bond donors (Lipinski definition) is 2. The van der Waals surface area contributed by atoms with Gasteiger partial charge in [-0.25, -0.2) is 4.68 Å². The monoisotopic (exact) mass is 302 g/mol. The molecule has 2 N–H and O–H groups in total. The van der Waals surface area contributed by atoms with Gasteiger partial charge in [0.15, 0.2) is 0 Å². The van der Waals surface area contributed by atoms with Crippen LogP contribution in [0.2, 0.25) is 0 Å². The van der Waals surface area contributed by atoms with Gasteiger partial charge in [-0.3, -0.25) is 4.79 Å². The van der Waals surface area contributed by atoms with E-state index in [2.05, 4.69) is 15.6 Å². The molecule has 0 fully saturated rings. The van der Waals surface area contributed by atoms with Crippen molar-refractivity contribution >= 4 is 11.6 Å². The van der Waals surface area contributed by atoms with E-state index in [9.17, 15) is 9.90 Å². The van der Waals surface area contributed by atoms with Crippen LogP contribution in [0, 0.1) is 6.92 Å². The second-order valence-corrected chi connectivity index (χ2v) is 5.41. The van der Waals surface area contributed by atoms with Gasteiger partial charge in [0.25, 0.3) is 0 Å². The lowest BCUT2D eigenvalue weighted by atomic mass is 10.0. The Kier molecular flexibility index (Phi) is 4.06. The number of nitrogens with zero attached hydrogens (tertiary/aromatic N) is 3. The average Bonchev–Trinajstić information content (AvgIpc) is 2.90. The molecule has 1 atom stereocenters. The van der Waals surface area contributed by atoms with Crippen molar-refractivity contribution in [3.63, 3.8) is 0 Å². The summed E-state index contributed by atoms with van der Waals surface area (Å²) in [6.45, 7) is 2.35. The highest BCUT2D eigenvalue weighted by Gasteiger charge is 2.15. The van der Waals surface area contributed by atoms with E-state index in [4.69, 9.17) is 4.74 Å². The fourth-order valence-electron chi connectivity index (χ4n) is 2.40. The minimum Gasteiger partial charge on any atom is -0.491 e. The molecule has 1 aromatic carbocycles. The van der Waals surface area contributed by atoms with E-state index in [1.807, 2.05) is 19.1 Å². The molecule has 2 aromatic rings. The third-order valence-electron chi connectivity index (χ3n) is 3.47. The molecule has 0 saturated heterocycles. The van der Waals surface area contributed by atoms with Crippen LogP contribution in [-0.4, -0.2) is 38.7 Å². The molecule has 7 nitrogen and oxygen atoms in total. The average molecular weight is 302 g/mol. The number of carbonyl (C=O) groups is 1. The lowest BCUT2D eigenvalue weighted by molar-refractivity contribution is -0.116. The number of amides is 1. The van der Waals surface area contributed by atoms with Gasteiger partial charge >= 0.3 is 0 Å². The van der Waals surface area contributed by atoms with Crippen molar-refractivity contribution in [2.75, 3.05) is 11.9 Å². The topological polar surface area (TPSA) is 89.3 Å². The summed E-state index contributed by atoms with van der Waals surface area (Å²) >= 11 is 0. The largest absolute Gasteiger partial charge is 0.491 e. The minimum atomic E-state index is -0.670. The molecule has 1 aliphatic rings. The second-order valence-electron chi connectivity index (χ2n) is 5.41. The predicted molar refractivity (Wildman–Crippen MR) is 79.7 cm³/mol. The van der Waals surface area contributed by atoms with Crippen LogP contribution >= 0.6 is 0 Å². The van der Waals surface area contributed by atoms with E-state index in [0.717, 1.165) is 16.9 Å². The molecular weight excluding hydrogens is 284 g/mol. The number of aryl methyl sites for hydroxylation is 2. The number of anilines is 1. The molecule has 116 valence electrons. The van der Waals surface area contributed by atoms with Crippen LogP contribution in [0.4, 0.5) is 5.69 Å². The summed E-state index contributed by atoms with van der Waals surface area (Å²) in [4.78, 5) is 11.3. The van der Waals surface area contributed by atoms with Gasteiger partial charge in [-0.05, 0) is 37.1 Å². The number of aromatic nitrogens is 3. The van der Waals surface area contributed by atoms with Gasteiger partial charge in [-0.15, -0.1) is 5.10 Å². The van der Waals surface area contributed by atoms with Crippen molar-refractivity contribution in [1.29, 1.82) is 0 Å². The lowest BCUT2D eigenvalue weighted by Crippen LogP contribution is -2.24. The molecule has 2 heterocycles. The molecule has 0 radical (unpaired) electrons. The van der Waals surface area contributed by atoms with E-state index >= 15 is 0 Å². The zero-order chi connectivity index (χ0) is 15.5. The van der Waals surface area contributed by atoms with E-state index in [0.29, 0.717) is 25.1 Å². The predicted octanol–water partition coefficient (Wildman–Crippen LogP) is 0.911. The minimum absolute atomic E-state index is 0.0414. The van der Waals surface area contributed by atoms with Gasteiger partial charge in [0.1, 0.15) is 18.5 Å². The van der Waals surface area contributed by atoms with Crippen LogP contribution in [-0.2, 0) is 17.8 Å². The summed E-state index contributed by atoms with van der Waals surface area (Å²) in [5.74, 6) is 0.725. The molecule has 1 unspecified atom stereocenters. The molecule has 1 amide bonds. The molecule has 0 aliphatic carbocycles. The Labute approximate surface area is 127 Å². The van der Waals surface area contributed by atoms with Crippen LogP contribution in [0.5, 0.6) is 5.75 Å². The quantitative estimate of drug-likeness (QED) is 0.857. The van der Waals surface area contributed by atoms with Crippen molar-refractivity contribution in [2.24, 2.45) is 0 Å². The fraction of sp³-hybridized carbons (Fsp3) is 0.400. The molecule has 0 bridgehead atoms. The van der Waals surface area contributed by atoms with Crippen LogP contribution in [0.15, 0.2) is 24.4 Å². The van der Waals surface area contributed by atoms with E-state index in [1.54, 1.807) is 16.9 Å². The second kappa shape index (κ2) is 6.15. The van der Waals surface area contributed by atoms with Crippen molar-refractivity contribution in [3.05, 3.63) is 35.7 Å². The van der Waals surface area contributed by atoms with Crippen LogP contribution in [0.1, 0.15) is 17.7 Å². The number of hydrogen-bond acceptors (Lipinski definition) is 5. The first-order valence-electron chi connectivity index (χ1n) is 7.20. The number of ether oxygens (including phenoxy) is 1. The fourth-order valence-corrected chi connectivity index (χ4v) is 2.40.